The number of hydrogen-bond donors (Lipinski definition) is 0. The van der Waals surface area contributed by atoms with Gasteiger partial charge in [-0.1, -0.05) is 57.8 Å². The standard InChI is InChI=1S/C13H24O3S/c1-3-5-6-7-8-9-10-11-13-16-17(14)15-12-4-2/h2H,3,5-13H2,1H3. The molecule has 0 spiro atoms. The molecule has 3 nitrogen and oxygen atoms in total. The minimum Gasteiger partial charge on any atom is -0.268 e. The Bertz CT molecular complexity index is 223. The van der Waals surface area contributed by atoms with Gasteiger partial charge in [0.1, 0.15) is 6.61 Å². The fourth-order valence-corrected chi connectivity index (χ4v) is 1.97. The molecule has 0 aliphatic rings. The highest BCUT2D eigenvalue weighted by atomic mass is 32.2. The van der Waals surface area contributed by atoms with Gasteiger partial charge in [-0.25, -0.2) is 0 Å². The monoisotopic (exact) mass is 260 g/mol. The number of terminal acetylenes is 1. The van der Waals surface area contributed by atoms with Gasteiger partial charge in [0.25, 0.3) is 0 Å². The van der Waals surface area contributed by atoms with E-state index in [4.69, 9.17) is 10.6 Å². The molecule has 0 aliphatic carbocycles. The smallest absolute Gasteiger partial charge is 0.268 e. The van der Waals surface area contributed by atoms with Gasteiger partial charge in [0.15, 0.2) is 0 Å². The van der Waals surface area contributed by atoms with Gasteiger partial charge in [-0.2, -0.15) is 4.21 Å². The Balaban J connectivity index is 3.08. The summed E-state index contributed by atoms with van der Waals surface area (Å²) < 4.78 is 20.6. The maximum atomic E-state index is 11.0. The third-order valence-electron chi connectivity index (χ3n) is 2.42. The lowest BCUT2D eigenvalue weighted by atomic mass is 10.1. The highest BCUT2D eigenvalue weighted by Gasteiger charge is 1.99. The summed E-state index contributed by atoms with van der Waals surface area (Å²) in [6.45, 7) is 2.73. The molecule has 0 aromatic carbocycles. The van der Waals surface area contributed by atoms with Gasteiger partial charge in [0.2, 0.25) is 0 Å². The first-order valence-corrected chi connectivity index (χ1v) is 7.43. The van der Waals surface area contributed by atoms with Crippen LogP contribution in [0.2, 0.25) is 0 Å². The van der Waals surface area contributed by atoms with Crippen LogP contribution in [0.3, 0.4) is 0 Å². The Kier molecular flexibility index (Phi) is 13.4. The van der Waals surface area contributed by atoms with Crippen molar-refractivity contribution < 1.29 is 12.6 Å². The normalized spacial score (nSPS) is 12.2. The molecular formula is C13H24O3S. The zero-order valence-electron chi connectivity index (χ0n) is 10.8. The van der Waals surface area contributed by atoms with E-state index in [0.29, 0.717) is 6.61 Å². The molecule has 0 aromatic heterocycles. The fourth-order valence-electron chi connectivity index (χ4n) is 1.48. The SMILES string of the molecule is C#CCOS(=O)OCCCCCCCCCC. The van der Waals surface area contributed by atoms with Crippen LogP contribution in [0, 0.1) is 12.3 Å². The zero-order valence-corrected chi connectivity index (χ0v) is 11.6. The average molecular weight is 260 g/mol. The maximum Gasteiger partial charge on any atom is 0.305 e. The van der Waals surface area contributed by atoms with E-state index >= 15 is 0 Å². The van der Waals surface area contributed by atoms with Crippen LogP contribution in [-0.2, 0) is 19.7 Å². The molecule has 0 aliphatic heterocycles. The van der Waals surface area contributed by atoms with Crippen molar-refractivity contribution in [2.75, 3.05) is 13.2 Å². The highest BCUT2D eigenvalue weighted by Crippen LogP contribution is 2.08. The summed E-state index contributed by atoms with van der Waals surface area (Å²) in [6.07, 6.45) is 14.8. The Morgan fingerprint density at radius 3 is 2.18 bits per heavy atom. The van der Waals surface area contributed by atoms with E-state index in [1.807, 2.05) is 0 Å². The molecule has 0 rings (SSSR count). The van der Waals surface area contributed by atoms with E-state index < -0.39 is 11.4 Å². The molecule has 0 heterocycles. The zero-order chi connectivity index (χ0) is 12.8. The molecule has 0 N–H and O–H groups in total. The van der Waals surface area contributed by atoms with Crippen LogP contribution in [0.1, 0.15) is 58.3 Å². The molecule has 0 amide bonds. The predicted molar refractivity (Wildman–Crippen MR) is 71.5 cm³/mol. The Morgan fingerprint density at radius 2 is 1.59 bits per heavy atom. The molecule has 4 heteroatoms. The minimum atomic E-state index is -1.67. The summed E-state index contributed by atoms with van der Waals surface area (Å²) in [5, 5.41) is 0. The third-order valence-corrected chi connectivity index (χ3v) is 3.09. The van der Waals surface area contributed by atoms with E-state index in [2.05, 4.69) is 17.0 Å². The molecule has 1 unspecified atom stereocenters. The van der Waals surface area contributed by atoms with Crippen molar-refractivity contribution in [3.05, 3.63) is 0 Å². The summed E-state index contributed by atoms with van der Waals surface area (Å²) in [6, 6.07) is 0. The molecule has 0 radical (unpaired) electrons. The number of rotatable bonds is 12. The van der Waals surface area contributed by atoms with Gasteiger partial charge in [0.05, 0.1) is 6.61 Å². The molecule has 0 fully saturated rings. The van der Waals surface area contributed by atoms with Crippen LogP contribution >= 0.6 is 0 Å². The maximum absolute atomic E-state index is 11.0. The first-order chi connectivity index (χ1) is 8.31. The van der Waals surface area contributed by atoms with Gasteiger partial charge in [-0.3, -0.25) is 8.37 Å². The van der Waals surface area contributed by atoms with Crippen LogP contribution in [0.4, 0.5) is 0 Å². The second-order valence-corrected chi connectivity index (χ2v) is 4.85. The van der Waals surface area contributed by atoms with E-state index in [0.717, 1.165) is 12.8 Å². The first-order valence-electron chi connectivity index (χ1n) is 6.43. The lowest BCUT2D eigenvalue weighted by Gasteiger charge is -2.02. The van der Waals surface area contributed by atoms with E-state index in [-0.39, 0.29) is 6.61 Å². The Labute approximate surface area is 108 Å². The topological polar surface area (TPSA) is 35.5 Å². The van der Waals surface area contributed by atoms with E-state index in [9.17, 15) is 4.21 Å². The molecule has 100 valence electrons. The summed E-state index contributed by atoms with van der Waals surface area (Å²) in [4.78, 5) is 0. The van der Waals surface area contributed by atoms with Gasteiger partial charge >= 0.3 is 11.4 Å². The van der Waals surface area contributed by atoms with Gasteiger partial charge < -0.3 is 0 Å². The van der Waals surface area contributed by atoms with Crippen molar-refractivity contribution in [1.29, 1.82) is 0 Å². The van der Waals surface area contributed by atoms with Crippen molar-refractivity contribution in [2.24, 2.45) is 0 Å². The lowest BCUT2D eigenvalue weighted by Crippen LogP contribution is -2.03. The van der Waals surface area contributed by atoms with Crippen molar-refractivity contribution in [3.8, 4) is 12.3 Å². The average Bonchev–Trinajstić information content (AvgIpc) is 2.34. The number of hydrogen-bond acceptors (Lipinski definition) is 3. The van der Waals surface area contributed by atoms with Gasteiger partial charge in [0, 0.05) is 0 Å². The van der Waals surface area contributed by atoms with Crippen molar-refractivity contribution >= 4 is 11.4 Å². The van der Waals surface area contributed by atoms with Crippen LogP contribution < -0.4 is 0 Å². The van der Waals surface area contributed by atoms with Crippen molar-refractivity contribution in [2.45, 2.75) is 58.3 Å². The summed E-state index contributed by atoms with van der Waals surface area (Å²) in [5.41, 5.74) is 0. The van der Waals surface area contributed by atoms with Crippen LogP contribution in [0.15, 0.2) is 0 Å². The third kappa shape index (κ3) is 13.6. The van der Waals surface area contributed by atoms with Gasteiger partial charge in [-0.15, -0.1) is 6.42 Å². The van der Waals surface area contributed by atoms with E-state index in [1.165, 1.54) is 38.5 Å². The minimum absolute atomic E-state index is 0.0318. The molecule has 1 atom stereocenters. The highest BCUT2D eigenvalue weighted by molar-refractivity contribution is 7.75. The molecule has 0 bridgehead atoms. The predicted octanol–water partition coefficient (Wildman–Crippen LogP) is 3.37. The van der Waals surface area contributed by atoms with Crippen molar-refractivity contribution in [1.82, 2.24) is 0 Å². The van der Waals surface area contributed by atoms with Crippen molar-refractivity contribution in [3.63, 3.8) is 0 Å². The van der Waals surface area contributed by atoms with Crippen LogP contribution in [-0.4, -0.2) is 17.4 Å². The number of unbranched alkanes of at least 4 members (excludes halogenated alkanes) is 7. The summed E-state index contributed by atoms with van der Waals surface area (Å²) in [7, 11) is 0. The second kappa shape index (κ2) is 13.7. The Morgan fingerprint density at radius 1 is 1.00 bits per heavy atom. The summed E-state index contributed by atoms with van der Waals surface area (Å²) in [5.74, 6) is 2.24. The quantitative estimate of drug-likeness (QED) is 0.398. The summed E-state index contributed by atoms with van der Waals surface area (Å²) >= 11 is -1.67. The molecule has 0 aromatic rings. The molecule has 17 heavy (non-hydrogen) atoms. The second-order valence-electron chi connectivity index (χ2n) is 3.97. The van der Waals surface area contributed by atoms with Crippen LogP contribution in [0.5, 0.6) is 0 Å². The van der Waals surface area contributed by atoms with E-state index in [1.54, 1.807) is 0 Å². The molecule has 0 saturated heterocycles. The first kappa shape index (κ1) is 16.6. The molecular weight excluding hydrogens is 236 g/mol. The largest absolute Gasteiger partial charge is 0.305 e. The lowest BCUT2D eigenvalue weighted by molar-refractivity contribution is 0.263. The van der Waals surface area contributed by atoms with Gasteiger partial charge in [-0.05, 0) is 6.42 Å². The fraction of sp³-hybridized carbons (Fsp3) is 0.846. The van der Waals surface area contributed by atoms with Crippen LogP contribution in [0.25, 0.3) is 0 Å². The Hall–Kier alpha value is -0.370. The molecule has 0 saturated carbocycles.